The fourth-order valence-corrected chi connectivity index (χ4v) is 3.20. The number of carbonyl (C=O) groups is 1. The van der Waals surface area contributed by atoms with Crippen molar-refractivity contribution < 1.29 is 4.79 Å². The topological polar surface area (TPSA) is 58.4 Å². The van der Waals surface area contributed by atoms with Crippen molar-refractivity contribution in [2.45, 2.75) is 45.3 Å². The smallest absolute Gasteiger partial charge is 0.220 e. The Morgan fingerprint density at radius 3 is 2.48 bits per heavy atom. The van der Waals surface area contributed by atoms with Crippen molar-refractivity contribution in [2.24, 2.45) is 5.73 Å². The number of hydrogen-bond acceptors (Lipinski definition) is 3. The van der Waals surface area contributed by atoms with Crippen LogP contribution in [0.4, 0.5) is 5.69 Å². The number of fused-ring (bicyclic) bond motifs is 1. The van der Waals surface area contributed by atoms with Gasteiger partial charge in [-0.2, -0.15) is 0 Å². The van der Waals surface area contributed by atoms with Crippen molar-refractivity contribution in [1.82, 2.24) is 5.32 Å². The highest BCUT2D eigenvalue weighted by atomic mass is 35.5. The first-order valence-electron chi connectivity index (χ1n) is 9.05. The maximum Gasteiger partial charge on any atom is 0.220 e. The maximum atomic E-state index is 11.8. The van der Waals surface area contributed by atoms with Crippen molar-refractivity contribution in [3.63, 3.8) is 0 Å². The lowest BCUT2D eigenvalue weighted by atomic mass is 10.1. The number of anilines is 1. The van der Waals surface area contributed by atoms with Crippen molar-refractivity contribution in [1.29, 1.82) is 0 Å². The van der Waals surface area contributed by atoms with Crippen LogP contribution in [0.5, 0.6) is 0 Å². The summed E-state index contributed by atoms with van der Waals surface area (Å²) >= 11 is 0. The van der Waals surface area contributed by atoms with E-state index in [1.807, 2.05) is 6.92 Å². The lowest BCUT2D eigenvalue weighted by Gasteiger charge is -2.19. The summed E-state index contributed by atoms with van der Waals surface area (Å²) in [6, 6.07) is 17.2. The average molecular weight is 410 g/mol. The fourth-order valence-electron chi connectivity index (χ4n) is 3.20. The molecule has 1 aliphatic heterocycles. The molecule has 0 radical (unpaired) electrons. The number of halogens is 2. The third-order valence-corrected chi connectivity index (χ3v) is 4.70. The Morgan fingerprint density at radius 2 is 1.78 bits per heavy atom. The molecule has 1 heterocycles. The second kappa shape index (κ2) is 11.2. The Hall–Kier alpha value is -1.75. The van der Waals surface area contributed by atoms with Crippen LogP contribution in [0, 0.1) is 0 Å². The third kappa shape index (κ3) is 6.73. The summed E-state index contributed by atoms with van der Waals surface area (Å²) in [5.41, 5.74) is 10.9. The molecule has 27 heavy (non-hydrogen) atoms. The molecule has 0 bridgehead atoms. The third-order valence-electron chi connectivity index (χ3n) is 4.70. The van der Waals surface area contributed by atoms with E-state index in [4.69, 9.17) is 5.73 Å². The number of nitrogens with two attached hydrogens (primary N) is 1. The molecule has 1 atom stereocenters. The van der Waals surface area contributed by atoms with E-state index in [1.54, 1.807) is 0 Å². The van der Waals surface area contributed by atoms with Crippen molar-refractivity contribution in [2.75, 3.05) is 11.4 Å². The lowest BCUT2D eigenvalue weighted by molar-refractivity contribution is -0.121. The van der Waals surface area contributed by atoms with E-state index in [-0.39, 0.29) is 36.8 Å². The van der Waals surface area contributed by atoms with E-state index >= 15 is 0 Å². The highest BCUT2D eigenvalue weighted by molar-refractivity contribution is 5.85. The van der Waals surface area contributed by atoms with Gasteiger partial charge in [0.2, 0.25) is 5.91 Å². The van der Waals surface area contributed by atoms with Gasteiger partial charge in [0.05, 0.1) is 0 Å². The Labute approximate surface area is 174 Å². The highest BCUT2D eigenvalue weighted by Gasteiger charge is 2.18. The molecule has 0 spiro atoms. The number of hydrogen-bond donors (Lipinski definition) is 2. The minimum absolute atomic E-state index is 0. The number of nitrogens with one attached hydrogen (secondary N) is 1. The van der Waals surface area contributed by atoms with E-state index in [9.17, 15) is 4.79 Å². The number of para-hydroxylation sites is 1. The maximum absolute atomic E-state index is 11.8. The lowest BCUT2D eigenvalue weighted by Crippen LogP contribution is -2.25. The van der Waals surface area contributed by atoms with Gasteiger partial charge in [0.1, 0.15) is 0 Å². The first-order chi connectivity index (χ1) is 12.1. The van der Waals surface area contributed by atoms with Crippen LogP contribution in [0.15, 0.2) is 48.5 Å². The summed E-state index contributed by atoms with van der Waals surface area (Å²) in [6.07, 6.45) is 2.34. The van der Waals surface area contributed by atoms with Gasteiger partial charge in [-0.15, -0.1) is 24.8 Å². The number of rotatable bonds is 7. The highest BCUT2D eigenvalue weighted by Crippen LogP contribution is 2.28. The summed E-state index contributed by atoms with van der Waals surface area (Å²) in [5, 5.41) is 2.95. The zero-order chi connectivity index (χ0) is 17.6. The van der Waals surface area contributed by atoms with Gasteiger partial charge in [0, 0.05) is 37.8 Å². The van der Waals surface area contributed by atoms with Gasteiger partial charge in [-0.3, -0.25) is 4.79 Å². The van der Waals surface area contributed by atoms with Crippen molar-refractivity contribution in [3.05, 3.63) is 65.2 Å². The Balaban J connectivity index is 0.00000182. The van der Waals surface area contributed by atoms with Gasteiger partial charge in [-0.1, -0.05) is 42.5 Å². The summed E-state index contributed by atoms with van der Waals surface area (Å²) in [5.74, 6) is 0.0649. The van der Waals surface area contributed by atoms with Crippen LogP contribution in [0.2, 0.25) is 0 Å². The van der Waals surface area contributed by atoms with Crippen LogP contribution in [-0.2, 0) is 24.3 Å². The molecule has 4 nitrogen and oxygen atoms in total. The van der Waals surface area contributed by atoms with Crippen molar-refractivity contribution in [3.8, 4) is 0 Å². The minimum atomic E-state index is 0. The molecule has 6 heteroatoms. The largest absolute Gasteiger partial charge is 0.367 e. The van der Waals surface area contributed by atoms with Crippen LogP contribution >= 0.6 is 24.8 Å². The molecule has 148 valence electrons. The molecule has 2 aromatic carbocycles. The zero-order valence-corrected chi connectivity index (χ0v) is 17.3. The molecule has 1 aliphatic rings. The van der Waals surface area contributed by atoms with Gasteiger partial charge in [-0.25, -0.2) is 0 Å². The molecular weight excluding hydrogens is 381 g/mol. The molecule has 0 saturated carbocycles. The van der Waals surface area contributed by atoms with E-state index in [0.29, 0.717) is 13.0 Å². The summed E-state index contributed by atoms with van der Waals surface area (Å²) < 4.78 is 0. The normalized spacial score (nSPS) is 13.2. The van der Waals surface area contributed by atoms with Crippen LogP contribution in [0.3, 0.4) is 0 Å². The Kier molecular flexibility index (Phi) is 9.64. The van der Waals surface area contributed by atoms with E-state index < -0.39 is 0 Å². The van der Waals surface area contributed by atoms with Gasteiger partial charge in [-0.05, 0) is 42.5 Å². The monoisotopic (exact) mass is 409 g/mol. The van der Waals surface area contributed by atoms with Gasteiger partial charge < -0.3 is 16.0 Å². The molecule has 0 aliphatic carbocycles. The average Bonchev–Trinajstić information content (AvgIpc) is 3.02. The number of carbonyl (C=O) groups excluding carboxylic acids is 1. The Bertz CT molecular complexity index is 720. The molecule has 1 unspecified atom stereocenters. The van der Waals surface area contributed by atoms with Crippen LogP contribution < -0.4 is 16.0 Å². The van der Waals surface area contributed by atoms with E-state index in [1.165, 1.54) is 16.8 Å². The van der Waals surface area contributed by atoms with Crippen LogP contribution in [0.25, 0.3) is 0 Å². The standard InChI is InChI=1S/C21H27N3O.2ClH/c1-16(22)6-11-21(25)23-14-17-7-9-18(10-8-17)15-24-13-12-19-4-2-3-5-20(19)24;;/h2-5,7-10,16H,6,11-15,22H2,1H3,(H,23,25);2*1H. The molecule has 0 saturated heterocycles. The quantitative estimate of drug-likeness (QED) is 0.729. The van der Waals surface area contributed by atoms with E-state index in [2.05, 4.69) is 58.7 Å². The predicted octanol–water partition coefficient (Wildman–Crippen LogP) is 3.84. The second-order valence-corrected chi connectivity index (χ2v) is 6.91. The van der Waals surface area contributed by atoms with Crippen molar-refractivity contribution >= 4 is 36.4 Å². The molecule has 0 aromatic heterocycles. The van der Waals surface area contributed by atoms with Gasteiger partial charge >= 0.3 is 0 Å². The zero-order valence-electron chi connectivity index (χ0n) is 15.7. The minimum Gasteiger partial charge on any atom is -0.367 e. The molecule has 1 amide bonds. The first kappa shape index (κ1) is 23.3. The van der Waals surface area contributed by atoms with Crippen LogP contribution in [-0.4, -0.2) is 18.5 Å². The fraction of sp³-hybridized carbons (Fsp3) is 0.381. The van der Waals surface area contributed by atoms with Gasteiger partial charge in [0.15, 0.2) is 0 Å². The first-order valence-corrected chi connectivity index (χ1v) is 9.05. The molecular formula is C21H29Cl2N3O. The number of amides is 1. The summed E-state index contributed by atoms with van der Waals surface area (Å²) in [6.45, 7) is 4.50. The molecule has 0 fully saturated rings. The SMILES string of the molecule is CC(N)CCC(=O)NCc1ccc(CN2CCc3ccccc32)cc1.Cl.Cl. The van der Waals surface area contributed by atoms with Gasteiger partial charge in [0.25, 0.3) is 0 Å². The molecule has 2 aromatic rings. The van der Waals surface area contributed by atoms with Crippen LogP contribution in [0.1, 0.15) is 36.5 Å². The van der Waals surface area contributed by atoms with E-state index in [0.717, 1.165) is 31.5 Å². The summed E-state index contributed by atoms with van der Waals surface area (Å²) in [4.78, 5) is 14.2. The Morgan fingerprint density at radius 1 is 1.11 bits per heavy atom. The predicted molar refractivity (Wildman–Crippen MR) is 117 cm³/mol. The number of benzene rings is 2. The number of nitrogens with zero attached hydrogens (tertiary/aromatic N) is 1. The summed E-state index contributed by atoms with van der Waals surface area (Å²) in [7, 11) is 0. The molecule has 3 rings (SSSR count). The second-order valence-electron chi connectivity index (χ2n) is 6.91. The molecule has 3 N–H and O–H groups in total.